The van der Waals surface area contributed by atoms with E-state index < -0.39 is 0 Å². The third-order valence-corrected chi connectivity index (χ3v) is 10.8. The van der Waals surface area contributed by atoms with Crippen LogP contribution in [0, 0.1) is 0 Å². The standard InChI is InChI=1S/C46H30BN3/c1-3-15-30(16-4-1)49-41-26-12-10-23-37(41)47-38-24-13-22-34(46(38)50(31-17-5-2-6-18-31)43-28-14-27-42(49)45(43)47)36-29-40-44(33-20-8-7-19-32(33)36)35-21-9-11-25-39(35)48-40/h1-29,48H. The molecule has 2 aliphatic rings. The number of hydrogen-bond donors (Lipinski definition) is 1. The molecule has 0 spiro atoms. The van der Waals surface area contributed by atoms with Crippen molar-refractivity contribution in [1.29, 1.82) is 0 Å². The number of para-hydroxylation sites is 5. The number of rotatable bonds is 3. The van der Waals surface area contributed by atoms with Crippen molar-refractivity contribution in [3.8, 4) is 11.1 Å². The molecule has 0 bridgehead atoms. The third-order valence-electron chi connectivity index (χ3n) is 10.8. The van der Waals surface area contributed by atoms with Crippen molar-refractivity contribution >= 4 is 89.8 Å². The monoisotopic (exact) mass is 635 g/mol. The molecule has 3 nitrogen and oxygen atoms in total. The molecule has 1 N–H and O–H groups in total. The average Bonchev–Trinajstić information content (AvgIpc) is 3.57. The second-order valence-electron chi connectivity index (χ2n) is 13.3. The molecule has 232 valence electrons. The summed E-state index contributed by atoms with van der Waals surface area (Å²) in [4.78, 5) is 8.73. The largest absolute Gasteiger partial charge is 0.354 e. The summed E-state index contributed by atoms with van der Waals surface area (Å²) in [6, 6.07) is 64.4. The summed E-state index contributed by atoms with van der Waals surface area (Å²) in [7, 11) is 0. The van der Waals surface area contributed by atoms with Crippen LogP contribution in [-0.2, 0) is 0 Å². The minimum absolute atomic E-state index is 0.0651. The zero-order valence-electron chi connectivity index (χ0n) is 27.2. The van der Waals surface area contributed by atoms with Crippen LogP contribution in [0.5, 0.6) is 0 Å². The van der Waals surface area contributed by atoms with Gasteiger partial charge >= 0.3 is 0 Å². The van der Waals surface area contributed by atoms with Crippen LogP contribution in [0.4, 0.5) is 34.1 Å². The van der Waals surface area contributed by atoms with E-state index in [0.29, 0.717) is 0 Å². The van der Waals surface area contributed by atoms with Gasteiger partial charge in [0.15, 0.2) is 0 Å². The zero-order valence-corrected chi connectivity index (χ0v) is 27.2. The molecule has 0 radical (unpaired) electrons. The maximum atomic E-state index is 3.77. The first-order chi connectivity index (χ1) is 24.8. The van der Waals surface area contributed by atoms with Gasteiger partial charge in [-0.15, -0.1) is 0 Å². The number of benzene rings is 8. The molecule has 8 aromatic carbocycles. The van der Waals surface area contributed by atoms with Gasteiger partial charge in [-0.2, -0.15) is 0 Å². The zero-order chi connectivity index (χ0) is 32.8. The summed E-state index contributed by atoms with van der Waals surface area (Å²) < 4.78 is 0. The maximum absolute atomic E-state index is 3.77. The number of hydrogen-bond acceptors (Lipinski definition) is 2. The number of anilines is 6. The van der Waals surface area contributed by atoms with E-state index in [1.807, 2.05) is 0 Å². The van der Waals surface area contributed by atoms with E-state index in [1.54, 1.807) is 0 Å². The van der Waals surface area contributed by atoms with E-state index in [2.05, 4.69) is 191 Å². The molecule has 2 aliphatic heterocycles. The quantitative estimate of drug-likeness (QED) is 0.195. The summed E-state index contributed by atoms with van der Waals surface area (Å²) in [5.41, 5.74) is 15.9. The first-order valence-corrected chi connectivity index (χ1v) is 17.3. The Morgan fingerprint density at radius 3 is 1.78 bits per heavy atom. The Morgan fingerprint density at radius 2 is 0.980 bits per heavy atom. The lowest BCUT2D eigenvalue weighted by Crippen LogP contribution is -2.61. The highest BCUT2D eigenvalue weighted by molar-refractivity contribution is 7.00. The van der Waals surface area contributed by atoms with E-state index in [4.69, 9.17) is 0 Å². The minimum Gasteiger partial charge on any atom is -0.354 e. The van der Waals surface area contributed by atoms with Crippen LogP contribution in [0.1, 0.15) is 0 Å². The van der Waals surface area contributed by atoms with Gasteiger partial charge in [0.2, 0.25) is 0 Å². The first-order valence-electron chi connectivity index (χ1n) is 17.3. The van der Waals surface area contributed by atoms with Crippen LogP contribution in [0.2, 0.25) is 0 Å². The Labute approximate surface area is 290 Å². The van der Waals surface area contributed by atoms with Gasteiger partial charge in [0.1, 0.15) is 0 Å². The second kappa shape index (κ2) is 10.5. The van der Waals surface area contributed by atoms with Crippen LogP contribution in [0.3, 0.4) is 0 Å². The SMILES string of the molecule is c1ccc(N2c3ccccc3B3c4cccc(-c5cc6[nH]c7ccccc7c6c6ccccc56)c4N(c4ccccc4)c4cccc2c43)cc1. The Hall–Kier alpha value is -6.52. The molecular formula is C46H30BN3. The van der Waals surface area contributed by atoms with Crippen molar-refractivity contribution < 1.29 is 0 Å². The smallest absolute Gasteiger partial charge is 0.252 e. The molecule has 0 saturated heterocycles. The first kappa shape index (κ1) is 27.4. The van der Waals surface area contributed by atoms with E-state index in [-0.39, 0.29) is 6.71 Å². The summed E-state index contributed by atoms with van der Waals surface area (Å²) >= 11 is 0. The molecule has 3 heterocycles. The minimum atomic E-state index is 0.0651. The van der Waals surface area contributed by atoms with Gasteiger partial charge in [0, 0.05) is 61.5 Å². The van der Waals surface area contributed by atoms with E-state index in [0.717, 1.165) is 22.4 Å². The normalized spacial score (nSPS) is 13.1. The molecule has 50 heavy (non-hydrogen) atoms. The van der Waals surface area contributed by atoms with Gasteiger partial charge in [-0.25, -0.2) is 0 Å². The number of nitrogens with zero attached hydrogens (tertiary/aromatic N) is 2. The van der Waals surface area contributed by atoms with Crippen LogP contribution in [0.25, 0.3) is 43.7 Å². The number of fused-ring (bicyclic) bond motifs is 9. The summed E-state index contributed by atoms with van der Waals surface area (Å²) in [6.07, 6.45) is 0. The summed E-state index contributed by atoms with van der Waals surface area (Å²) in [5, 5.41) is 5.06. The average molecular weight is 636 g/mol. The van der Waals surface area contributed by atoms with E-state index in [9.17, 15) is 0 Å². The molecule has 0 saturated carbocycles. The lowest BCUT2D eigenvalue weighted by atomic mass is 9.33. The molecular weight excluding hydrogens is 605 g/mol. The van der Waals surface area contributed by atoms with Crippen molar-refractivity contribution in [2.75, 3.05) is 9.80 Å². The highest BCUT2D eigenvalue weighted by atomic mass is 15.2. The lowest BCUT2D eigenvalue weighted by Gasteiger charge is -2.44. The van der Waals surface area contributed by atoms with Crippen molar-refractivity contribution in [3.63, 3.8) is 0 Å². The number of aromatic amines is 1. The molecule has 0 amide bonds. The van der Waals surface area contributed by atoms with Gasteiger partial charge in [0.25, 0.3) is 6.71 Å². The Morgan fingerprint density at radius 1 is 0.400 bits per heavy atom. The molecule has 0 unspecified atom stereocenters. The third kappa shape index (κ3) is 3.76. The molecule has 11 rings (SSSR count). The Balaban J connectivity index is 1.26. The molecule has 1 aromatic heterocycles. The van der Waals surface area contributed by atoms with Gasteiger partial charge in [-0.1, -0.05) is 121 Å². The topological polar surface area (TPSA) is 22.3 Å². The van der Waals surface area contributed by atoms with Crippen LogP contribution < -0.4 is 26.2 Å². The van der Waals surface area contributed by atoms with E-state index in [1.165, 1.54) is 71.8 Å². The number of nitrogens with one attached hydrogen (secondary N) is 1. The highest BCUT2D eigenvalue weighted by Gasteiger charge is 2.43. The van der Waals surface area contributed by atoms with Crippen LogP contribution in [-0.4, -0.2) is 11.7 Å². The molecule has 0 fully saturated rings. The molecule has 0 aliphatic carbocycles. The second-order valence-corrected chi connectivity index (χ2v) is 13.3. The Kier molecular flexibility index (Phi) is 5.76. The maximum Gasteiger partial charge on any atom is 0.252 e. The van der Waals surface area contributed by atoms with Gasteiger partial charge in [0.05, 0.1) is 0 Å². The van der Waals surface area contributed by atoms with Gasteiger partial charge in [-0.3, -0.25) is 0 Å². The fourth-order valence-corrected chi connectivity index (χ4v) is 8.79. The predicted octanol–water partition coefficient (Wildman–Crippen LogP) is 10.2. The number of H-pyrrole nitrogens is 1. The summed E-state index contributed by atoms with van der Waals surface area (Å²) in [5.74, 6) is 0. The van der Waals surface area contributed by atoms with Crippen molar-refractivity contribution in [2.45, 2.75) is 0 Å². The molecule has 9 aromatic rings. The highest BCUT2D eigenvalue weighted by Crippen LogP contribution is 2.48. The molecule has 0 atom stereocenters. The van der Waals surface area contributed by atoms with Crippen molar-refractivity contribution in [1.82, 2.24) is 4.98 Å². The van der Waals surface area contributed by atoms with Gasteiger partial charge in [-0.05, 0) is 87.3 Å². The Bertz CT molecular complexity index is 2790. The van der Waals surface area contributed by atoms with Crippen molar-refractivity contribution in [3.05, 3.63) is 176 Å². The van der Waals surface area contributed by atoms with Crippen LogP contribution >= 0.6 is 0 Å². The summed E-state index contributed by atoms with van der Waals surface area (Å²) in [6.45, 7) is 0.0651. The number of aromatic nitrogens is 1. The fraction of sp³-hybridized carbons (Fsp3) is 0. The lowest BCUT2D eigenvalue weighted by molar-refractivity contribution is 1.25. The van der Waals surface area contributed by atoms with E-state index >= 15 is 0 Å². The van der Waals surface area contributed by atoms with Crippen molar-refractivity contribution in [2.24, 2.45) is 0 Å². The molecule has 4 heteroatoms. The predicted molar refractivity (Wildman–Crippen MR) is 213 cm³/mol. The fourth-order valence-electron chi connectivity index (χ4n) is 8.79. The van der Waals surface area contributed by atoms with Gasteiger partial charge < -0.3 is 14.8 Å². The van der Waals surface area contributed by atoms with Crippen LogP contribution in [0.15, 0.2) is 176 Å².